The van der Waals surface area contributed by atoms with E-state index >= 15 is 0 Å². The van der Waals surface area contributed by atoms with Crippen molar-refractivity contribution in [2.45, 2.75) is 26.7 Å². The van der Waals surface area contributed by atoms with Gasteiger partial charge in [0.15, 0.2) is 0 Å². The van der Waals surface area contributed by atoms with Crippen LogP contribution in [0.15, 0.2) is 22.7 Å². The van der Waals surface area contributed by atoms with Crippen molar-refractivity contribution < 1.29 is 9.18 Å². The first kappa shape index (κ1) is 15.1. The zero-order valence-corrected chi connectivity index (χ0v) is 12.2. The van der Waals surface area contributed by atoms with Crippen LogP contribution in [0.5, 0.6) is 0 Å². The maximum atomic E-state index is 13.0. The van der Waals surface area contributed by atoms with Crippen molar-refractivity contribution in [3.05, 3.63) is 28.5 Å². The summed E-state index contributed by atoms with van der Waals surface area (Å²) in [6, 6.07) is 4.16. The van der Waals surface area contributed by atoms with Crippen LogP contribution in [0, 0.1) is 11.2 Å². The molecule has 0 saturated heterocycles. The first-order chi connectivity index (χ1) is 8.49. The van der Waals surface area contributed by atoms with Gasteiger partial charge in [-0.1, -0.05) is 13.8 Å². The van der Waals surface area contributed by atoms with Gasteiger partial charge in [-0.25, -0.2) is 4.39 Å². The molecule has 1 aromatic rings. The molecule has 0 aliphatic heterocycles. The van der Waals surface area contributed by atoms with E-state index in [1.807, 2.05) is 13.8 Å². The molecule has 0 aromatic heterocycles. The zero-order chi connectivity index (χ0) is 13.8. The molecular formula is C13H18BrFN2O. The largest absolute Gasteiger partial charge is 0.329 e. The first-order valence-electron chi connectivity index (χ1n) is 5.95. The van der Waals surface area contributed by atoms with E-state index in [-0.39, 0.29) is 11.7 Å². The van der Waals surface area contributed by atoms with Crippen molar-refractivity contribution in [1.29, 1.82) is 0 Å². The number of amides is 1. The third-order valence-electron chi connectivity index (χ3n) is 3.41. The van der Waals surface area contributed by atoms with Crippen molar-refractivity contribution >= 4 is 27.5 Å². The summed E-state index contributed by atoms with van der Waals surface area (Å²) in [5.41, 5.74) is 5.71. The third-order valence-corrected chi connectivity index (χ3v) is 4.06. The summed E-state index contributed by atoms with van der Waals surface area (Å²) >= 11 is 3.22. The Morgan fingerprint density at radius 2 is 2.06 bits per heavy atom. The molecule has 0 saturated carbocycles. The molecule has 3 nitrogen and oxygen atoms in total. The predicted octanol–water partition coefficient (Wildman–Crippen LogP) is 3.29. The second-order valence-electron chi connectivity index (χ2n) is 4.27. The lowest BCUT2D eigenvalue weighted by molar-refractivity contribution is -0.125. The summed E-state index contributed by atoms with van der Waals surface area (Å²) < 4.78 is 13.5. The third kappa shape index (κ3) is 3.09. The van der Waals surface area contributed by atoms with E-state index in [9.17, 15) is 9.18 Å². The van der Waals surface area contributed by atoms with Crippen LogP contribution < -0.4 is 11.1 Å². The second kappa shape index (κ2) is 6.29. The van der Waals surface area contributed by atoms with Gasteiger partial charge in [-0.3, -0.25) is 4.79 Å². The van der Waals surface area contributed by atoms with Gasteiger partial charge in [0, 0.05) is 11.0 Å². The van der Waals surface area contributed by atoms with Gasteiger partial charge in [0.05, 0.1) is 11.1 Å². The molecule has 100 valence electrons. The number of hydrogen-bond donors (Lipinski definition) is 2. The number of carbonyl (C=O) groups excluding carboxylic acids is 1. The minimum absolute atomic E-state index is 0.123. The zero-order valence-electron chi connectivity index (χ0n) is 10.6. The van der Waals surface area contributed by atoms with Gasteiger partial charge < -0.3 is 11.1 Å². The number of carbonyl (C=O) groups is 1. The molecule has 18 heavy (non-hydrogen) atoms. The fourth-order valence-electron chi connectivity index (χ4n) is 1.80. The van der Waals surface area contributed by atoms with Crippen LogP contribution in [0.2, 0.25) is 0 Å². The molecule has 0 bridgehead atoms. The van der Waals surface area contributed by atoms with Crippen molar-refractivity contribution in [2.24, 2.45) is 11.1 Å². The summed E-state index contributed by atoms with van der Waals surface area (Å²) in [7, 11) is 0. The number of benzene rings is 1. The molecule has 0 aliphatic rings. The summed E-state index contributed by atoms with van der Waals surface area (Å²) in [5, 5.41) is 2.80. The highest BCUT2D eigenvalue weighted by Gasteiger charge is 2.33. The van der Waals surface area contributed by atoms with Crippen LogP contribution in [0.1, 0.15) is 26.7 Å². The number of nitrogens with two attached hydrogens (primary N) is 1. The van der Waals surface area contributed by atoms with Crippen molar-refractivity contribution in [2.75, 3.05) is 11.9 Å². The number of nitrogens with one attached hydrogen (secondary N) is 1. The average molecular weight is 317 g/mol. The Bertz CT molecular complexity index is 425. The van der Waals surface area contributed by atoms with Crippen LogP contribution in [-0.2, 0) is 4.79 Å². The molecule has 0 unspecified atom stereocenters. The van der Waals surface area contributed by atoms with E-state index in [1.165, 1.54) is 18.2 Å². The number of hydrogen-bond acceptors (Lipinski definition) is 2. The van der Waals surface area contributed by atoms with Gasteiger partial charge in [0.1, 0.15) is 5.82 Å². The van der Waals surface area contributed by atoms with Gasteiger partial charge in [-0.05, 0) is 47.0 Å². The molecular weight excluding hydrogens is 299 g/mol. The van der Waals surface area contributed by atoms with Crippen LogP contribution >= 0.6 is 15.9 Å². The van der Waals surface area contributed by atoms with Gasteiger partial charge in [0.25, 0.3) is 0 Å². The Labute approximate surface area is 115 Å². The molecule has 0 heterocycles. The quantitative estimate of drug-likeness (QED) is 0.875. The molecule has 0 radical (unpaired) electrons. The fourth-order valence-corrected chi connectivity index (χ4v) is 2.25. The Kier molecular flexibility index (Phi) is 5.28. The molecule has 0 fully saturated rings. The van der Waals surface area contributed by atoms with E-state index in [4.69, 9.17) is 5.73 Å². The normalized spacial score (nSPS) is 11.4. The lowest BCUT2D eigenvalue weighted by Gasteiger charge is -2.28. The monoisotopic (exact) mass is 316 g/mol. The standard InChI is InChI=1S/C13H18BrFN2O/c1-3-13(4-2,8-16)12(18)17-11-6-5-9(15)7-10(11)14/h5-7H,3-4,8,16H2,1-2H3,(H,17,18). The van der Waals surface area contributed by atoms with Crippen molar-refractivity contribution in [3.8, 4) is 0 Å². The molecule has 1 aromatic carbocycles. The Balaban J connectivity index is 2.93. The highest BCUT2D eigenvalue weighted by atomic mass is 79.9. The summed E-state index contributed by atoms with van der Waals surface area (Å²) in [5.74, 6) is -0.474. The topological polar surface area (TPSA) is 55.1 Å². The molecule has 1 rings (SSSR count). The minimum Gasteiger partial charge on any atom is -0.329 e. The first-order valence-corrected chi connectivity index (χ1v) is 6.75. The van der Waals surface area contributed by atoms with E-state index in [0.717, 1.165) is 0 Å². The van der Waals surface area contributed by atoms with E-state index in [1.54, 1.807) is 0 Å². The van der Waals surface area contributed by atoms with Crippen molar-refractivity contribution in [1.82, 2.24) is 0 Å². The molecule has 5 heteroatoms. The maximum Gasteiger partial charge on any atom is 0.231 e. The Morgan fingerprint density at radius 1 is 1.44 bits per heavy atom. The Hall–Kier alpha value is -0.940. The van der Waals surface area contributed by atoms with Crippen LogP contribution in [-0.4, -0.2) is 12.5 Å². The van der Waals surface area contributed by atoms with Crippen LogP contribution in [0.25, 0.3) is 0 Å². The average Bonchev–Trinajstić information content (AvgIpc) is 2.36. The van der Waals surface area contributed by atoms with Crippen molar-refractivity contribution in [3.63, 3.8) is 0 Å². The fraction of sp³-hybridized carbons (Fsp3) is 0.462. The molecule has 0 spiro atoms. The van der Waals surface area contributed by atoms with Gasteiger partial charge in [-0.15, -0.1) is 0 Å². The van der Waals surface area contributed by atoms with Crippen LogP contribution in [0.4, 0.5) is 10.1 Å². The minimum atomic E-state index is -0.562. The predicted molar refractivity (Wildman–Crippen MR) is 74.8 cm³/mol. The van der Waals surface area contributed by atoms with Gasteiger partial charge in [-0.2, -0.15) is 0 Å². The molecule has 0 atom stereocenters. The highest BCUT2D eigenvalue weighted by molar-refractivity contribution is 9.10. The molecule has 3 N–H and O–H groups in total. The van der Waals surface area contributed by atoms with Gasteiger partial charge in [0.2, 0.25) is 5.91 Å². The summed E-state index contributed by atoms with van der Waals surface area (Å²) in [4.78, 5) is 12.3. The van der Waals surface area contributed by atoms with E-state index < -0.39 is 5.41 Å². The molecule has 0 aliphatic carbocycles. The number of rotatable bonds is 5. The maximum absolute atomic E-state index is 13.0. The van der Waals surface area contributed by atoms with E-state index in [0.29, 0.717) is 29.5 Å². The Morgan fingerprint density at radius 3 is 2.50 bits per heavy atom. The highest BCUT2D eigenvalue weighted by Crippen LogP contribution is 2.29. The smallest absolute Gasteiger partial charge is 0.231 e. The molecule has 1 amide bonds. The summed E-state index contributed by atoms with van der Waals surface area (Å²) in [6.07, 6.45) is 1.34. The second-order valence-corrected chi connectivity index (χ2v) is 5.12. The van der Waals surface area contributed by atoms with Crippen LogP contribution in [0.3, 0.4) is 0 Å². The lowest BCUT2D eigenvalue weighted by atomic mass is 9.81. The number of anilines is 1. The summed E-state index contributed by atoms with van der Waals surface area (Å²) in [6.45, 7) is 4.18. The van der Waals surface area contributed by atoms with Gasteiger partial charge >= 0.3 is 0 Å². The SMILES string of the molecule is CCC(CC)(CN)C(=O)Nc1ccc(F)cc1Br. The van der Waals surface area contributed by atoms with E-state index in [2.05, 4.69) is 21.2 Å². The lowest BCUT2D eigenvalue weighted by Crippen LogP contribution is -2.41. The number of halogens is 2.